The maximum atomic E-state index is 13.8. The van der Waals surface area contributed by atoms with E-state index in [0.29, 0.717) is 41.9 Å². The van der Waals surface area contributed by atoms with Crippen molar-refractivity contribution in [3.8, 4) is 0 Å². The van der Waals surface area contributed by atoms with E-state index in [1.54, 1.807) is 22.7 Å². The number of carbonyl (C=O) groups is 1. The number of benzene rings is 1. The van der Waals surface area contributed by atoms with Crippen LogP contribution in [-0.2, 0) is 14.8 Å². The lowest BCUT2D eigenvalue weighted by Crippen LogP contribution is -2.49. The second kappa shape index (κ2) is 10.2. The average Bonchev–Trinajstić information content (AvgIpc) is 3.52. The molecule has 0 radical (unpaired) electrons. The highest BCUT2D eigenvalue weighted by molar-refractivity contribution is 7.98. The molecule has 178 valence electrons. The van der Waals surface area contributed by atoms with Crippen LogP contribution in [0.1, 0.15) is 12.8 Å². The third-order valence-electron chi connectivity index (χ3n) is 5.46. The first-order valence-corrected chi connectivity index (χ1v) is 15.1. The number of carbonyl (C=O) groups excluding carboxylic acids is 1. The lowest BCUT2D eigenvalue weighted by molar-refractivity contribution is -0.121. The molecule has 0 bridgehead atoms. The maximum Gasteiger partial charge on any atom is 0.253 e. The number of nitrogens with zero attached hydrogens (tertiary/aromatic N) is 4. The lowest BCUT2D eigenvalue weighted by atomic mass is 10.2. The van der Waals surface area contributed by atoms with Gasteiger partial charge in [0.2, 0.25) is 5.91 Å². The Kier molecular flexibility index (Phi) is 7.69. The van der Waals surface area contributed by atoms with Gasteiger partial charge in [0.25, 0.3) is 10.0 Å². The Morgan fingerprint density at radius 2 is 2.03 bits per heavy atom. The zero-order valence-electron chi connectivity index (χ0n) is 18.5. The number of sulfonamides is 1. The van der Waals surface area contributed by atoms with Crippen molar-refractivity contribution >= 4 is 77.3 Å². The third-order valence-corrected chi connectivity index (χ3v) is 10.9. The molecule has 1 aliphatic heterocycles. The van der Waals surface area contributed by atoms with Crippen molar-refractivity contribution in [2.75, 3.05) is 44.9 Å². The molecule has 1 aliphatic rings. The van der Waals surface area contributed by atoms with E-state index < -0.39 is 16.1 Å². The van der Waals surface area contributed by atoms with Gasteiger partial charge in [0.1, 0.15) is 10.3 Å². The minimum Gasteiger partial charge on any atom is -0.308 e. The summed E-state index contributed by atoms with van der Waals surface area (Å²) in [5.74, 6) is -0.231. The quantitative estimate of drug-likeness (QED) is 0.389. The Labute approximate surface area is 211 Å². The number of thiazole rings is 1. The van der Waals surface area contributed by atoms with Gasteiger partial charge in [-0.25, -0.2) is 13.4 Å². The number of halogens is 1. The molecule has 3 aromatic rings. The van der Waals surface area contributed by atoms with Crippen molar-refractivity contribution in [3.05, 3.63) is 34.7 Å². The smallest absolute Gasteiger partial charge is 0.253 e. The van der Waals surface area contributed by atoms with E-state index in [2.05, 4.69) is 0 Å². The van der Waals surface area contributed by atoms with Gasteiger partial charge in [-0.2, -0.15) is 4.31 Å². The Bertz CT molecular complexity index is 1260. The molecule has 0 spiro atoms. The SMILES string of the molecule is CSc1cccc2sc(N(CCN(C)C)C(=O)C3CCCN3S(=O)(=O)c3ccc(Cl)s3)nc12. The van der Waals surface area contributed by atoms with Crippen molar-refractivity contribution in [3.63, 3.8) is 0 Å². The highest BCUT2D eigenvalue weighted by atomic mass is 35.5. The molecule has 33 heavy (non-hydrogen) atoms. The Morgan fingerprint density at radius 3 is 2.70 bits per heavy atom. The van der Waals surface area contributed by atoms with Gasteiger partial charge in [-0.05, 0) is 57.5 Å². The summed E-state index contributed by atoms with van der Waals surface area (Å²) in [6, 6.07) is 8.31. The number of aromatic nitrogens is 1. The molecule has 1 saturated heterocycles. The molecule has 0 N–H and O–H groups in total. The molecule has 1 fully saturated rings. The molecule has 7 nitrogen and oxygen atoms in total. The van der Waals surface area contributed by atoms with Crippen molar-refractivity contribution in [2.24, 2.45) is 0 Å². The van der Waals surface area contributed by atoms with E-state index in [0.717, 1.165) is 26.4 Å². The number of hydrogen-bond donors (Lipinski definition) is 0. The molecular formula is C21H25ClN4O3S4. The van der Waals surface area contributed by atoms with Gasteiger partial charge in [-0.1, -0.05) is 29.0 Å². The molecule has 0 saturated carbocycles. The number of rotatable bonds is 8. The fourth-order valence-electron chi connectivity index (χ4n) is 3.80. The van der Waals surface area contributed by atoms with Crippen LogP contribution in [0, 0.1) is 0 Å². The van der Waals surface area contributed by atoms with Crippen LogP contribution in [-0.4, -0.2) is 74.5 Å². The highest BCUT2D eigenvalue weighted by Crippen LogP contribution is 2.36. The summed E-state index contributed by atoms with van der Waals surface area (Å²) >= 11 is 10.1. The summed E-state index contributed by atoms with van der Waals surface area (Å²) < 4.78 is 29.5. The molecule has 1 aromatic carbocycles. The Balaban J connectivity index is 1.69. The third kappa shape index (κ3) is 5.09. The fourth-order valence-corrected chi connectivity index (χ4v) is 8.71. The van der Waals surface area contributed by atoms with Gasteiger partial charge in [0.15, 0.2) is 5.13 Å². The molecule has 0 aliphatic carbocycles. The first-order valence-electron chi connectivity index (χ1n) is 10.4. The van der Waals surface area contributed by atoms with Crippen LogP contribution in [0.2, 0.25) is 4.34 Å². The lowest BCUT2D eigenvalue weighted by Gasteiger charge is -2.29. The molecule has 1 amide bonds. The highest BCUT2D eigenvalue weighted by Gasteiger charge is 2.42. The summed E-state index contributed by atoms with van der Waals surface area (Å²) in [5, 5.41) is 0.599. The molecule has 1 atom stereocenters. The minimum absolute atomic E-state index is 0.164. The normalized spacial score (nSPS) is 17.3. The van der Waals surface area contributed by atoms with Gasteiger partial charge >= 0.3 is 0 Å². The van der Waals surface area contributed by atoms with Crippen molar-refractivity contribution in [1.29, 1.82) is 0 Å². The van der Waals surface area contributed by atoms with Crippen molar-refractivity contribution in [2.45, 2.75) is 28.0 Å². The standard InChI is InChI=1S/C21H25ClN4O3S4/c1-24(2)12-13-25(21-23-19-15(30-3)7-4-8-16(19)31-21)20(27)14-6-5-11-26(14)33(28,29)18-10-9-17(22)32-18/h4,7-10,14H,5-6,11-13H2,1-3H3. The number of anilines is 1. The summed E-state index contributed by atoms with van der Waals surface area (Å²) in [7, 11) is 0.0831. The predicted octanol–water partition coefficient (Wildman–Crippen LogP) is 4.48. The Morgan fingerprint density at radius 1 is 1.24 bits per heavy atom. The van der Waals surface area contributed by atoms with Gasteiger partial charge in [-0.3, -0.25) is 9.69 Å². The van der Waals surface area contributed by atoms with Gasteiger partial charge < -0.3 is 4.90 Å². The number of amides is 1. The zero-order chi connectivity index (χ0) is 23.8. The van der Waals surface area contributed by atoms with Gasteiger partial charge in [0, 0.05) is 24.5 Å². The number of hydrogen-bond acceptors (Lipinski definition) is 8. The number of para-hydroxylation sites is 1. The molecular weight excluding hydrogens is 520 g/mol. The van der Waals surface area contributed by atoms with Crippen molar-refractivity contribution < 1.29 is 13.2 Å². The van der Waals surface area contributed by atoms with Crippen LogP contribution in [0.15, 0.2) is 39.4 Å². The van der Waals surface area contributed by atoms with Gasteiger partial charge in [0.05, 0.1) is 14.6 Å². The summed E-state index contributed by atoms with van der Waals surface area (Å²) in [6.07, 6.45) is 3.12. The maximum absolute atomic E-state index is 13.8. The first-order chi connectivity index (χ1) is 15.7. The fraction of sp³-hybridized carbons (Fsp3) is 0.429. The topological polar surface area (TPSA) is 73.8 Å². The van der Waals surface area contributed by atoms with E-state index in [4.69, 9.17) is 16.6 Å². The Hall–Kier alpha value is -1.21. The summed E-state index contributed by atoms with van der Waals surface area (Å²) in [4.78, 5) is 23.3. The molecule has 3 heterocycles. The second-order valence-corrected chi connectivity index (χ2v) is 13.6. The molecule has 4 rings (SSSR count). The van der Waals surface area contributed by atoms with Crippen molar-refractivity contribution in [1.82, 2.24) is 14.2 Å². The van der Waals surface area contributed by atoms with Crippen LogP contribution in [0.3, 0.4) is 0 Å². The average molecular weight is 545 g/mol. The molecule has 2 aromatic heterocycles. The minimum atomic E-state index is -3.81. The van der Waals surface area contributed by atoms with E-state index >= 15 is 0 Å². The summed E-state index contributed by atoms with van der Waals surface area (Å²) in [5.41, 5.74) is 0.872. The number of thiophene rings is 1. The largest absolute Gasteiger partial charge is 0.308 e. The van der Waals surface area contributed by atoms with Crippen LogP contribution >= 0.6 is 46.0 Å². The number of thioether (sulfide) groups is 1. The second-order valence-electron chi connectivity index (χ2n) is 7.93. The zero-order valence-corrected chi connectivity index (χ0v) is 22.5. The monoisotopic (exact) mass is 544 g/mol. The van der Waals surface area contributed by atoms with E-state index in [9.17, 15) is 13.2 Å². The first kappa shape index (κ1) is 24.9. The van der Waals surface area contributed by atoms with E-state index in [-0.39, 0.29) is 10.1 Å². The van der Waals surface area contributed by atoms with Crippen LogP contribution < -0.4 is 4.90 Å². The van der Waals surface area contributed by atoms with Crippen LogP contribution in [0.25, 0.3) is 10.2 Å². The molecule has 12 heteroatoms. The predicted molar refractivity (Wildman–Crippen MR) is 139 cm³/mol. The van der Waals surface area contributed by atoms with Gasteiger partial charge in [-0.15, -0.1) is 23.1 Å². The number of likely N-dealkylation sites (N-methyl/N-ethyl adjacent to an activating group) is 1. The number of fused-ring (bicyclic) bond motifs is 1. The van der Waals surface area contributed by atoms with Crippen LogP contribution in [0.5, 0.6) is 0 Å². The van der Waals surface area contributed by atoms with Crippen LogP contribution in [0.4, 0.5) is 5.13 Å². The summed E-state index contributed by atoms with van der Waals surface area (Å²) in [6.45, 7) is 1.37. The molecule has 1 unspecified atom stereocenters. The van der Waals surface area contributed by atoms with E-state index in [1.807, 2.05) is 43.5 Å². The van der Waals surface area contributed by atoms with E-state index in [1.165, 1.54) is 21.7 Å².